The van der Waals surface area contributed by atoms with E-state index >= 15 is 0 Å². The molecule has 2 heterocycles. The molecule has 1 aromatic heterocycles. The number of nitrogens with one attached hydrogen (secondary N) is 1. The molecule has 1 aliphatic rings. The van der Waals surface area contributed by atoms with Gasteiger partial charge in [0.1, 0.15) is 5.82 Å². The molecule has 1 aliphatic heterocycles. The summed E-state index contributed by atoms with van der Waals surface area (Å²) in [7, 11) is 2.13. The van der Waals surface area contributed by atoms with Gasteiger partial charge in [-0.3, -0.25) is 0 Å². The summed E-state index contributed by atoms with van der Waals surface area (Å²) in [6, 6.07) is 2.68. The Balaban J connectivity index is 2.15. The molecule has 0 bridgehead atoms. The lowest BCUT2D eigenvalue weighted by molar-refractivity contribution is 0.443. The molecule has 0 aliphatic carbocycles. The van der Waals surface area contributed by atoms with Crippen molar-refractivity contribution in [1.82, 2.24) is 10.3 Å². The van der Waals surface area contributed by atoms with Crippen molar-refractivity contribution in [2.45, 2.75) is 25.8 Å². The molecule has 88 valence electrons. The topological polar surface area (TPSA) is 28.2 Å². The van der Waals surface area contributed by atoms with Gasteiger partial charge in [0.2, 0.25) is 0 Å². The zero-order valence-electron chi connectivity index (χ0n) is 9.83. The van der Waals surface area contributed by atoms with E-state index in [2.05, 4.69) is 51.2 Å². The largest absolute Gasteiger partial charge is 0.354 e. The Morgan fingerprint density at radius 1 is 1.56 bits per heavy atom. The molecule has 1 saturated heterocycles. The molecule has 1 fully saturated rings. The van der Waals surface area contributed by atoms with Gasteiger partial charge in [-0.05, 0) is 53.9 Å². The van der Waals surface area contributed by atoms with E-state index in [9.17, 15) is 0 Å². The van der Waals surface area contributed by atoms with E-state index in [0.717, 1.165) is 23.4 Å². The molecule has 1 atom stereocenters. The summed E-state index contributed by atoms with van der Waals surface area (Å²) < 4.78 is 1.08. The molecular formula is C12H18BrN3. The van der Waals surface area contributed by atoms with Crippen LogP contribution in [0, 0.1) is 6.92 Å². The summed E-state index contributed by atoms with van der Waals surface area (Å²) >= 11 is 3.59. The molecule has 2 rings (SSSR count). The average Bonchev–Trinajstić information content (AvgIpc) is 2.29. The number of aromatic nitrogens is 1. The van der Waals surface area contributed by atoms with Crippen molar-refractivity contribution < 1.29 is 0 Å². The summed E-state index contributed by atoms with van der Waals surface area (Å²) in [6.07, 6.45) is 4.41. The molecule has 0 radical (unpaired) electrons. The minimum atomic E-state index is 0.556. The molecule has 3 nitrogen and oxygen atoms in total. The first-order valence-corrected chi connectivity index (χ1v) is 6.53. The molecule has 0 aromatic carbocycles. The van der Waals surface area contributed by atoms with Gasteiger partial charge < -0.3 is 10.2 Å². The van der Waals surface area contributed by atoms with Crippen LogP contribution in [0.2, 0.25) is 0 Å². The van der Waals surface area contributed by atoms with Crippen LogP contribution in [0.4, 0.5) is 5.82 Å². The summed E-state index contributed by atoms with van der Waals surface area (Å²) in [5.74, 6) is 1.04. The van der Waals surface area contributed by atoms with Crippen molar-refractivity contribution in [3.05, 3.63) is 22.3 Å². The van der Waals surface area contributed by atoms with E-state index in [0.29, 0.717) is 6.04 Å². The first-order valence-electron chi connectivity index (χ1n) is 5.74. The van der Waals surface area contributed by atoms with Crippen molar-refractivity contribution >= 4 is 21.7 Å². The van der Waals surface area contributed by atoms with E-state index in [-0.39, 0.29) is 0 Å². The smallest absolute Gasteiger partial charge is 0.142 e. The number of hydrogen-bond donors (Lipinski definition) is 1. The Morgan fingerprint density at radius 2 is 2.38 bits per heavy atom. The van der Waals surface area contributed by atoms with E-state index in [4.69, 9.17) is 0 Å². The van der Waals surface area contributed by atoms with Crippen LogP contribution in [0.5, 0.6) is 0 Å². The molecule has 1 N–H and O–H groups in total. The third-order valence-electron chi connectivity index (χ3n) is 3.11. The number of likely N-dealkylation sites (N-methyl/N-ethyl adjacent to an activating group) is 1. The van der Waals surface area contributed by atoms with Crippen LogP contribution in [0.15, 0.2) is 16.7 Å². The lowest BCUT2D eigenvalue weighted by Crippen LogP contribution is -2.44. The van der Waals surface area contributed by atoms with Gasteiger partial charge in [0, 0.05) is 25.8 Å². The summed E-state index contributed by atoms with van der Waals surface area (Å²) in [6.45, 7) is 4.26. The van der Waals surface area contributed by atoms with Crippen LogP contribution >= 0.6 is 15.9 Å². The molecule has 0 spiro atoms. The van der Waals surface area contributed by atoms with Crippen LogP contribution in [-0.2, 0) is 0 Å². The number of rotatable bonds is 2. The van der Waals surface area contributed by atoms with Crippen molar-refractivity contribution in [1.29, 1.82) is 0 Å². The fraction of sp³-hybridized carbons (Fsp3) is 0.583. The normalized spacial score (nSPS) is 20.8. The number of nitrogens with zero attached hydrogens (tertiary/aromatic N) is 2. The maximum Gasteiger partial charge on any atom is 0.142 e. The van der Waals surface area contributed by atoms with Crippen LogP contribution in [-0.4, -0.2) is 31.2 Å². The lowest BCUT2D eigenvalue weighted by atomic mass is 10.1. The molecule has 16 heavy (non-hydrogen) atoms. The zero-order valence-corrected chi connectivity index (χ0v) is 11.4. The average molecular weight is 284 g/mol. The Morgan fingerprint density at radius 3 is 3.00 bits per heavy atom. The first-order chi connectivity index (χ1) is 7.68. The van der Waals surface area contributed by atoms with E-state index < -0.39 is 0 Å². The second-order valence-corrected chi connectivity index (χ2v) is 5.28. The quantitative estimate of drug-likeness (QED) is 0.903. The van der Waals surface area contributed by atoms with Crippen molar-refractivity contribution in [3.8, 4) is 0 Å². The number of piperidine rings is 1. The van der Waals surface area contributed by atoms with Crippen LogP contribution in [0.1, 0.15) is 18.4 Å². The highest BCUT2D eigenvalue weighted by atomic mass is 79.9. The number of hydrogen-bond acceptors (Lipinski definition) is 3. The van der Waals surface area contributed by atoms with Crippen LogP contribution in [0.3, 0.4) is 0 Å². The van der Waals surface area contributed by atoms with Crippen LogP contribution < -0.4 is 10.2 Å². The monoisotopic (exact) mass is 283 g/mol. The van der Waals surface area contributed by atoms with E-state index in [1.165, 1.54) is 18.4 Å². The number of pyridine rings is 1. The van der Waals surface area contributed by atoms with E-state index in [1.807, 2.05) is 6.20 Å². The van der Waals surface area contributed by atoms with Crippen molar-refractivity contribution in [2.75, 3.05) is 25.0 Å². The second kappa shape index (κ2) is 5.15. The Hall–Kier alpha value is -0.610. The fourth-order valence-corrected chi connectivity index (χ4v) is 2.87. The summed E-state index contributed by atoms with van der Waals surface area (Å²) in [5, 5.41) is 3.43. The second-order valence-electron chi connectivity index (χ2n) is 4.43. The zero-order chi connectivity index (χ0) is 11.5. The molecule has 1 aromatic rings. The standard InChI is InChI=1S/C12H18BrN3/c1-9-6-11(13)12(15-7-9)16(2)10-4-3-5-14-8-10/h6-7,10,14H,3-5,8H2,1-2H3. The van der Waals surface area contributed by atoms with Gasteiger partial charge in [-0.15, -0.1) is 0 Å². The fourth-order valence-electron chi connectivity index (χ4n) is 2.12. The van der Waals surface area contributed by atoms with Crippen molar-refractivity contribution in [3.63, 3.8) is 0 Å². The Kier molecular flexibility index (Phi) is 3.82. The minimum Gasteiger partial charge on any atom is -0.354 e. The molecule has 0 amide bonds. The Bertz CT molecular complexity index is 361. The first kappa shape index (κ1) is 11.9. The maximum absolute atomic E-state index is 4.50. The number of halogens is 1. The SMILES string of the molecule is Cc1cnc(N(C)C2CCCNC2)c(Br)c1. The van der Waals surface area contributed by atoms with Crippen molar-refractivity contribution in [2.24, 2.45) is 0 Å². The highest BCUT2D eigenvalue weighted by Crippen LogP contribution is 2.26. The number of anilines is 1. The van der Waals surface area contributed by atoms with Crippen LogP contribution in [0.25, 0.3) is 0 Å². The van der Waals surface area contributed by atoms with Gasteiger partial charge in [-0.1, -0.05) is 0 Å². The van der Waals surface area contributed by atoms with Gasteiger partial charge in [0.15, 0.2) is 0 Å². The van der Waals surface area contributed by atoms with E-state index in [1.54, 1.807) is 0 Å². The van der Waals surface area contributed by atoms with Gasteiger partial charge in [0.25, 0.3) is 0 Å². The molecule has 0 saturated carbocycles. The molecule has 4 heteroatoms. The summed E-state index contributed by atoms with van der Waals surface area (Å²) in [4.78, 5) is 6.78. The summed E-state index contributed by atoms with van der Waals surface area (Å²) in [5.41, 5.74) is 1.19. The molecule has 1 unspecified atom stereocenters. The highest BCUT2D eigenvalue weighted by Gasteiger charge is 2.20. The highest BCUT2D eigenvalue weighted by molar-refractivity contribution is 9.10. The predicted molar refractivity (Wildman–Crippen MR) is 71.0 cm³/mol. The van der Waals surface area contributed by atoms with Gasteiger partial charge in [-0.2, -0.15) is 0 Å². The minimum absolute atomic E-state index is 0.556. The predicted octanol–water partition coefficient (Wildman–Crippen LogP) is 2.34. The van der Waals surface area contributed by atoms with Gasteiger partial charge >= 0.3 is 0 Å². The van der Waals surface area contributed by atoms with Gasteiger partial charge in [0.05, 0.1) is 4.47 Å². The number of aryl methyl sites for hydroxylation is 1. The Labute approximate surface area is 105 Å². The lowest BCUT2D eigenvalue weighted by Gasteiger charge is -2.33. The maximum atomic E-state index is 4.50. The third-order valence-corrected chi connectivity index (χ3v) is 3.69. The molecular weight excluding hydrogens is 266 g/mol. The third kappa shape index (κ3) is 2.55. The van der Waals surface area contributed by atoms with Gasteiger partial charge in [-0.25, -0.2) is 4.98 Å².